The van der Waals surface area contributed by atoms with Gasteiger partial charge in [-0.05, 0) is 24.3 Å². The number of carbonyl (C=O) groups is 1. The minimum Gasteiger partial charge on any atom is -0.397 e. The molecule has 0 bridgehead atoms. The van der Waals surface area contributed by atoms with Crippen LogP contribution in [-0.2, 0) is 0 Å². The van der Waals surface area contributed by atoms with Crippen LogP contribution in [0, 0.1) is 0 Å². The number of nitrogens with one attached hydrogen (secondary N) is 1. The van der Waals surface area contributed by atoms with Crippen LogP contribution >= 0.6 is 11.3 Å². The van der Waals surface area contributed by atoms with Gasteiger partial charge in [-0.15, -0.1) is 11.3 Å². The van der Waals surface area contributed by atoms with Crippen molar-refractivity contribution in [2.75, 3.05) is 5.73 Å². The van der Waals surface area contributed by atoms with Crippen molar-refractivity contribution in [3.05, 3.63) is 16.3 Å². The van der Waals surface area contributed by atoms with Crippen LogP contribution in [0.2, 0.25) is 0 Å². The molecule has 1 aromatic heterocycles. The Hall–Kier alpha value is -1.03. The Labute approximate surface area is 93.7 Å². The third-order valence-corrected chi connectivity index (χ3v) is 3.77. The smallest absolute Gasteiger partial charge is 0.263 e. The third kappa shape index (κ3) is 2.50. The highest BCUT2D eigenvalue weighted by Crippen LogP contribution is 2.21. The number of amides is 1. The fourth-order valence-electron chi connectivity index (χ4n) is 2.00. The lowest BCUT2D eigenvalue weighted by atomic mass is 9.95. The standard InChI is InChI=1S/C11H16N2OS/c12-9-6-7-15-10(9)11(14)13-8-4-2-1-3-5-8/h6-8H,1-5,12H2,(H,13,14). The molecule has 2 rings (SSSR count). The van der Waals surface area contributed by atoms with Gasteiger partial charge in [0.1, 0.15) is 4.88 Å². The van der Waals surface area contributed by atoms with Crippen LogP contribution in [0.5, 0.6) is 0 Å². The molecule has 0 saturated heterocycles. The van der Waals surface area contributed by atoms with E-state index in [0.717, 1.165) is 12.8 Å². The van der Waals surface area contributed by atoms with E-state index in [1.165, 1.54) is 30.6 Å². The van der Waals surface area contributed by atoms with Gasteiger partial charge in [-0.25, -0.2) is 0 Å². The fraction of sp³-hybridized carbons (Fsp3) is 0.545. The first kappa shape index (κ1) is 10.5. The van der Waals surface area contributed by atoms with Crippen LogP contribution in [0.25, 0.3) is 0 Å². The molecule has 3 N–H and O–H groups in total. The second-order valence-electron chi connectivity index (χ2n) is 4.01. The topological polar surface area (TPSA) is 55.1 Å². The summed E-state index contributed by atoms with van der Waals surface area (Å²) in [5.74, 6) is -0.00519. The van der Waals surface area contributed by atoms with Gasteiger partial charge in [0.2, 0.25) is 0 Å². The normalized spacial score (nSPS) is 17.6. The third-order valence-electron chi connectivity index (χ3n) is 2.84. The predicted octanol–water partition coefficient (Wildman–Crippen LogP) is 2.39. The Bertz CT molecular complexity index is 342. The van der Waals surface area contributed by atoms with E-state index in [1.54, 1.807) is 6.07 Å². The SMILES string of the molecule is Nc1ccsc1C(=O)NC1CCCCC1. The lowest BCUT2D eigenvalue weighted by molar-refractivity contribution is 0.0932. The summed E-state index contributed by atoms with van der Waals surface area (Å²) in [5.41, 5.74) is 6.29. The van der Waals surface area contributed by atoms with Gasteiger partial charge in [-0.1, -0.05) is 19.3 Å². The molecule has 1 saturated carbocycles. The van der Waals surface area contributed by atoms with Crippen molar-refractivity contribution < 1.29 is 4.79 Å². The Kier molecular flexibility index (Phi) is 3.26. The molecule has 1 fully saturated rings. The molecule has 0 aromatic carbocycles. The predicted molar refractivity (Wildman–Crippen MR) is 63.1 cm³/mol. The average Bonchev–Trinajstić information content (AvgIpc) is 2.66. The summed E-state index contributed by atoms with van der Waals surface area (Å²) in [4.78, 5) is 12.5. The molecule has 0 atom stereocenters. The molecule has 1 aliphatic carbocycles. The summed E-state index contributed by atoms with van der Waals surface area (Å²) in [6.45, 7) is 0. The highest BCUT2D eigenvalue weighted by molar-refractivity contribution is 7.12. The molecule has 0 unspecified atom stereocenters. The van der Waals surface area contributed by atoms with Gasteiger partial charge < -0.3 is 11.1 Å². The fourth-order valence-corrected chi connectivity index (χ4v) is 2.72. The highest BCUT2D eigenvalue weighted by atomic mass is 32.1. The summed E-state index contributed by atoms with van der Waals surface area (Å²) >= 11 is 1.41. The van der Waals surface area contributed by atoms with Crippen molar-refractivity contribution in [1.29, 1.82) is 0 Å². The van der Waals surface area contributed by atoms with Gasteiger partial charge in [0, 0.05) is 6.04 Å². The number of nitrogens with two attached hydrogens (primary N) is 1. The summed E-state index contributed by atoms with van der Waals surface area (Å²) in [7, 11) is 0. The minimum atomic E-state index is -0.00519. The van der Waals surface area contributed by atoms with Crippen molar-refractivity contribution >= 4 is 22.9 Å². The zero-order chi connectivity index (χ0) is 10.7. The number of hydrogen-bond acceptors (Lipinski definition) is 3. The van der Waals surface area contributed by atoms with Crippen molar-refractivity contribution in [2.24, 2.45) is 0 Å². The zero-order valence-electron chi connectivity index (χ0n) is 8.66. The second kappa shape index (κ2) is 4.66. The maximum Gasteiger partial charge on any atom is 0.263 e. The van der Waals surface area contributed by atoms with E-state index in [9.17, 15) is 4.79 Å². The van der Waals surface area contributed by atoms with Crippen molar-refractivity contribution in [1.82, 2.24) is 5.32 Å². The number of rotatable bonds is 2. The molecule has 1 amide bonds. The summed E-state index contributed by atoms with van der Waals surface area (Å²) in [6, 6.07) is 2.13. The van der Waals surface area contributed by atoms with Crippen molar-refractivity contribution in [3.8, 4) is 0 Å². The molecule has 1 heterocycles. The first-order chi connectivity index (χ1) is 7.27. The lowest BCUT2D eigenvalue weighted by Crippen LogP contribution is -2.36. The summed E-state index contributed by atoms with van der Waals surface area (Å²) in [6.07, 6.45) is 5.97. The molecular weight excluding hydrogens is 208 g/mol. The molecule has 0 spiro atoms. The molecule has 82 valence electrons. The van der Waals surface area contributed by atoms with E-state index in [0.29, 0.717) is 16.6 Å². The number of nitrogen functional groups attached to an aromatic ring is 1. The van der Waals surface area contributed by atoms with Crippen LogP contribution in [0.3, 0.4) is 0 Å². The number of hydrogen-bond donors (Lipinski definition) is 2. The number of carbonyl (C=O) groups excluding carboxylic acids is 1. The van der Waals surface area contributed by atoms with Crippen LogP contribution in [0.15, 0.2) is 11.4 Å². The molecule has 0 radical (unpaired) electrons. The lowest BCUT2D eigenvalue weighted by Gasteiger charge is -2.22. The van der Waals surface area contributed by atoms with Gasteiger partial charge in [0.05, 0.1) is 5.69 Å². The van der Waals surface area contributed by atoms with Crippen LogP contribution in [0.1, 0.15) is 41.8 Å². The Balaban J connectivity index is 1.94. The molecular formula is C11H16N2OS. The van der Waals surface area contributed by atoms with E-state index in [-0.39, 0.29) is 5.91 Å². The van der Waals surface area contributed by atoms with Gasteiger partial charge in [0.15, 0.2) is 0 Å². The summed E-state index contributed by atoms with van der Waals surface area (Å²) in [5, 5.41) is 4.91. The van der Waals surface area contributed by atoms with Gasteiger partial charge in [-0.3, -0.25) is 4.79 Å². The van der Waals surface area contributed by atoms with Crippen molar-refractivity contribution in [2.45, 2.75) is 38.1 Å². The van der Waals surface area contributed by atoms with E-state index >= 15 is 0 Å². The summed E-state index contributed by atoms with van der Waals surface area (Å²) < 4.78 is 0. The molecule has 1 aromatic rings. The van der Waals surface area contributed by atoms with E-state index in [4.69, 9.17) is 5.73 Å². The maximum atomic E-state index is 11.8. The quantitative estimate of drug-likeness (QED) is 0.810. The van der Waals surface area contributed by atoms with Crippen molar-refractivity contribution in [3.63, 3.8) is 0 Å². The molecule has 1 aliphatic rings. The zero-order valence-corrected chi connectivity index (χ0v) is 9.48. The van der Waals surface area contributed by atoms with E-state index in [1.807, 2.05) is 5.38 Å². The maximum absolute atomic E-state index is 11.8. The number of anilines is 1. The van der Waals surface area contributed by atoms with Gasteiger partial charge in [-0.2, -0.15) is 0 Å². The Morgan fingerprint density at radius 1 is 1.40 bits per heavy atom. The second-order valence-corrected chi connectivity index (χ2v) is 4.93. The molecule has 15 heavy (non-hydrogen) atoms. The monoisotopic (exact) mass is 224 g/mol. The first-order valence-corrected chi connectivity index (χ1v) is 6.29. The molecule has 3 nitrogen and oxygen atoms in total. The average molecular weight is 224 g/mol. The largest absolute Gasteiger partial charge is 0.397 e. The highest BCUT2D eigenvalue weighted by Gasteiger charge is 2.18. The Morgan fingerprint density at radius 3 is 2.73 bits per heavy atom. The first-order valence-electron chi connectivity index (χ1n) is 5.41. The van der Waals surface area contributed by atoms with E-state index < -0.39 is 0 Å². The van der Waals surface area contributed by atoms with Gasteiger partial charge >= 0.3 is 0 Å². The minimum absolute atomic E-state index is 0.00519. The van der Waals surface area contributed by atoms with Gasteiger partial charge in [0.25, 0.3) is 5.91 Å². The molecule has 4 heteroatoms. The van der Waals surface area contributed by atoms with Crippen LogP contribution in [0.4, 0.5) is 5.69 Å². The Morgan fingerprint density at radius 2 is 2.13 bits per heavy atom. The number of thiophene rings is 1. The van der Waals surface area contributed by atoms with Crippen LogP contribution < -0.4 is 11.1 Å². The van der Waals surface area contributed by atoms with E-state index in [2.05, 4.69) is 5.32 Å². The molecule has 0 aliphatic heterocycles. The van der Waals surface area contributed by atoms with Crippen LogP contribution in [-0.4, -0.2) is 11.9 Å².